The lowest BCUT2D eigenvalue weighted by atomic mass is 9.77. The molecule has 2 heterocycles. The number of para-hydroxylation sites is 1. The Morgan fingerprint density at radius 1 is 0.889 bits per heavy atom. The predicted octanol–water partition coefficient (Wildman–Crippen LogP) is 6.94. The summed E-state index contributed by atoms with van der Waals surface area (Å²) in [4.78, 5) is 13.5. The van der Waals surface area contributed by atoms with E-state index in [-0.39, 0.29) is 16.8 Å². The van der Waals surface area contributed by atoms with E-state index in [9.17, 15) is 10.1 Å². The molecule has 0 saturated heterocycles. The highest BCUT2D eigenvalue weighted by Gasteiger charge is 2.51. The van der Waals surface area contributed by atoms with Crippen molar-refractivity contribution >= 4 is 11.4 Å². The van der Waals surface area contributed by atoms with E-state index in [4.69, 9.17) is 9.47 Å². The van der Waals surface area contributed by atoms with Gasteiger partial charge in [0.15, 0.2) is 12.5 Å². The first-order valence-corrected chi connectivity index (χ1v) is 12.2. The Morgan fingerprint density at radius 2 is 1.53 bits per heavy atom. The predicted molar refractivity (Wildman–Crippen MR) is 138 cm³/mol. The molecule has 0 aromatic heterocycles. The van der Waals surface area contributed by atoms with Crippen LogP contribution in [-0.4, -0.2) is 11.2 Å². The van der Waals surface area contributed by atoms with Crippen molar-refractivity contribution in [3.63, 3.8) is 0 Å². The largest absolute Gasteiger partial charge is 0.470 e. The average molecular weight is 479 g/mol. The van der Waals surface area contributed by atoms with E-state index in [0.29, 0.717) is 11.3 Å². The van der Waals surface area contributed by atoms with Gasteiger partial charge < -0.3 is 14.4 Å². The van der Waals surface area contributed by atoms with E-state index in [0.717, 1.165) is 35.2 Å². The van der Waals surface area contributed by atoms with Gasteiger partial charge in [0.1, 0.15) is 11.4 Å². The quantitative estimate of drug-likeness (QED) is 0.230. The van der Waals surface area contributed by atoms with Crippen LogP contribution in [0.5, 0.6) is 5.75 Å². The lowest BCUT2D eigenvalue weighted by Crippen LogP contribution is -2.54. The first kappa shape index (κ1) is 22.3. The molecule has 4 aromatic carbocycles. The summed E-state index contributed by atoms with van der Waals surface area (Å²) in [5.74, 6) is 0.620. The fourth-order valence-electron chi connectivity index (χ4n) is 5.49. The van der Waals surface area contributed by atoms with Crippen LogP contribution in [-0.2, 0) is 10.3 Å². The normalized spacial score (nSPS) is 19.4. The fraction of sp³-hybridized carbons (Fsp3) is 0.200. The maximum absolute atomic E-state index is 11.7. The summed E-state index contributed by atoms with van der Waals surface area (Å²) >= 11 is 0. The monoisotopic (exact) mass is 478 g/mol. The highest BCUT2D eigenvalue weighted by atomic mass is 16.6. The van der Waals surface area contributed by atoms with Crippen molar-refractivity contribution in [2.75, 3.05) is 4.90 Å². The second kappa shape index (κ2) is 8.81. The minimum Gasteiger partial charge on any atom is -0.470 e. The van der Waals surface area contributed by atoms with Gasteiger partial charge in [0.05, 0.1) is 10.5 Å². The van der Waals surface area contributed by atoms with Crippen LogP contribution in [0.15, 0.2) is 103 Å². The number of nitro groups is 1. The number of benzene rings is 4. The van der Waals surface area contributed by atoms with Gasteiger partial charge in [-0.3, -0.25) is 10.1 Å². The zero-order valence-corrected chi connectivity index (χ0v) is 19.9. The molecule has 0 radical (unpaired) electrons. The van der Waals surface area contributed by atoms with Crippen LogP contribution in [0.1, 0.15) is 48.2 Å². The summed E-state index contributed by atoms with van der Waals surface area (Å²) in [6.45, 7) is 2.12. The molecule has 6 heteroatoms. The van der Waals surface area contributed by atoms with Crippen LogP contribution in [0.2, 0.25) is 0 Å². The molecule has 0 saturated carbocycles. The summed E-state index contributed by atoms with van der Waals surface area (Å²) in [5, 5.41) is 11.7. The Hall–Kier alpha value is -4.16. The Labute approximate surface area is 209 Å². The molecule has 0 spiro atoms. The van der Waals surface area contributed by atoms with Crippen LogP contribution >= 0.6 is 0 Å². The topological polar surface area (TPSA) is 64.8 Å². The standard InChI is InChI=1S/C30H26N2O4/c1-2-11-28-31-26-17-10-9-16-25(26)30(21-12-5-3-6-13-21,22-14-7-4-8-15-22)36-29(31)24-20-23(32(33)34)18-19-27(24)35-28/h3-10,12-20,28-29H,2,11H2,1H3/t28-,29-/m0/s1. The molecule has 2 aliphatic rings. The maximum Gasteiger partial charge on any atom is 0.270 e. The Morgan fingerprint density at radius 3 is 2.17 bits per heavy atom. The van der Waals surface area contributed by atoms with Gasteiger partial charge in [-0.1, -0.05) is 92.2 Å². The molecule has 0 bridgehead atoms. The minimum absolute atomic E-state index is 0.0127. The zero-order valence-electron chi connectivity index (χ0n) is 19.9. The Balaban J connectivity index is 1.66. The van der Waals surface area contributed by atoms with Crippen molar-refractivity contribution in [2.24, 2.45) is 0 Å². The van der Waals surface area contributed by atoms with Crippen LogP contribution in [0, 0.1) is 10.1 Å². The van der Waals surface area contributed by atoms with Gasteiger partial charge in [0.25, 0.3) is 5.69 Å². The minimum atomic E-state index is -0.920. The molecule has 6 nitrogen and oxygen atoms in total. The highest BCUT2D eigenvalue weighted by molar-refractivity contribution is 5.67. The third-order valence-corrected chi connectivity index (χ3v) is 7.04. The second-order valence-electron chi connectivity index (χ2n) is 9.15. The molecule has 0 aliphatic carbocycles. The van der Waals surface area contributed by atoms with Crippen molar-refractivity contribution < 1.29 is 14.4 Å². The molecule has 6 rings (SSSR count). The summed E-state index contributed by atoms with van der Waals surface area (Å²) < 4.78 is 13.7. The Bertz CT molecular complexity index is 1370. The van der Waals surface area contributed by atoms with Crippen molar-refractivity contribution in [3.8, 4) is 5.75 Å². The third kappa shape index (κ3) is 3.37. The van der Waals surface area contributed by atoms with Gasteiger partial charge >= 0.3 is 0 Å². The van der Waals surface area contributed by atoms with E-state index < -0.39 is 11.8 Å². The number of rotatable bonds is 5. The van der Waals surface area contributed by atoms with Crippen LogP contribution in [0.4, 0.5) is 11.4 Å². The molecule has 0 fully saturated rings. The molecule has 0 unspecified atom stereocenters. The lowest BCUT2D eigenvalue weighted by molar-refractivity contribution is -0.385. The van der Waals surface area contributed by atoms with Crippen LogP contribution < -0.4 is 9.64 Å². The second-order valence-corrected chi connectivity index (χ2v) is 9.15. The van der Waals surface area contributed by atoms with Crippen molar-refractivity contribution in [3.05, 3.63) is 135 Å². The smallest absolute Gasteiger partial charge is 0.270 e. The van der Waals surface area contributed by atoms with Crippen molar-refractivity contribution in [1.82, 2.24) is 0 Å². The zero-order chi connectivity index (χ0) is 24.7. The van der Waals surface area contributed by atoms with Gasteiger partial charge in [0, 0.05) is 29.8 Å². The first-order valence-electron chi connectivity index (χ1n) is 12.2. The number of fused-ring (bicyclic) bond motifs is 5. The van der Waals surface area contributed by atoms with E-state index in [1.165, 1.54) is 6.07 Å². The fourth-order valence-corrected chi connectivity index (χ4v) is 5.49. The van der Waals surface area contributed by atoms with E-state index in [1.54, 1.807) is 12.1 Å². The lowest BCUT2D eigenvalue weighted by Gasteiger charge is -2.53. The summed E-state index contributed by atoms with van der Waals surface area (Å²) in [6.07, 6.45) is 0.856. The first-order chi connectivity index (χ1) is 17.6. The van der Waals surface area contributed by atoms with E-state index >= 15 is 0 Å². The molecule has 4 aromatic rings. The number of ether oxygens (including phenoxy) is 2. The number of hydrogen-bond acceptors (Lipinski definition) is 5. The van der Waals surface area contributed by atoms with Gasteiger partial charge in [-0.05, 0) is 23.3 Å². The summed E-state index contributed by atoms with van der Waals surface area (Å²) in [5.41, 5.74) is 3.74. The molecule has 2 aliphatic heterocycles. The molecular formula is C30H26N2O4. The van der Waals surface area contributed by atoms with Gasteiger partial charge in [-0.25, -0.2) is 0 Å². The number of anilines is 1. The van der Waals surface area contributed by atoms with Crippen LogP contribution in [0.25, 0.3) is 0 Å². The van der Waals surface area contributed by atoms with E-state index in [1.807, 2.05) is 48.5 Å². The highest BCUT2D eigenvalue weighted by Crippen LogP contribution is 2.56. The molecule has 0 amide bonds. The maximum atomic E-state index is 11.7. The number of hydrogen-bond donors (Lipinski definition) is 0. The molecule has 2 atom stereocenters. The number of non-ortho nitro benzene ring substituents is 1. The third-order valence-electron chi connectivity index (χ3n) is 7.04. The molecule has 180 valence electrons. The number of nitro benzene ring substituents is 1. The molecular weight excluding hydrogens is 452 g/mol. The molecule has 0 N–H and O–H groups in total. The van der Waals surface area contributed by atoms with Crippen molar-refractivity contribution in [2.45, 2.75) is 37.8 Å². The molecule has 36 heavy (non-hydrogen) atoms. The number of nitrogens with zero attached hydrogens (tertiary/aromatic N) is 2. The van der Waals surface area contributed by atoms with E-state index in [2.05, 4.69) is 48.2 Å². The SMILES string of the molecule is CCC[C@@H]1Oc2ccc([N+](=O)[O-])cc2[C@@H]2OC(c3ccccc3)(c3ccccc3)c3ccccc3N12. The Kier molecular flexibility index (Phi) is 5.46. The summed E-state index contributed by atoms with van der Waals surface area (Å²) in [7, 11) is 0. The van der Waals surface area contributed by atoms with Crippen molar-refractivity contribution in [1.29, 1.82) is 0 Å². The van der Waals surface area contributed by atoms with Crippen LogP contribution in [0.3, 0.4) is 0 Å². The van der Waals surface area contributed by atoms with Gasteiger partial charge in [-0.2, -0.15) is 0 Å². The van der Waals surface area contributed by atoms with Gasteiger partial charge in [0.2, 0.25) is 0 Å². The summed E-state index contributed by atoms with van der Waals surface area (Å²) in [6, 6.07) is 33.4. The average Bonchev–Trinajstić information content (AvgIpc) is 2.93. The van der Waals surface area contributed by atoms with Gasteiger partial charge in [-0.15, -0.1) is 0 Å².